The summed E-state index contributed by atoms with van der Waals surface area (Å²) in [5.74, 6) is -0.229. The fourth-order valence-electron chi connectivity index (χ4n) is 2.10. The maximum absolute atomic E-state index is 12.0. The molecule has 0 fully saturated rings. The number of benzene rings is 2. The Labute approximate surface area is 150 Å². The molecule has 0 aliphatic heterocycles. The van der Waals surface area contributed by atoms with Gasteiger partial charge < -0.3 is 15.5 Å². The number of carbonyl (C=O) groups is 2. The third-order valence-corrected chi connectivity index (χ3v) is 4.04. The average Bonchev–Trinajstić information content (AvgIpc) is 2.54. The minimum Gasteiger partial charge on any atom is -0.375 e. The van der Waals surface area contributed by atoms with E-state index in [0.29, 0.717) is 11.3 Å². The Hall–Kier alpha value is -2.34. The van der Waals surface area contributed by atoms with E-state index in [1.165, 1.54) is 4.90 Å². The van der Waals surface area contributed by atoms with Gasteiger partial charge in [0, 0.05) is 35.5 Å². The van der Waals surface area contributed by atoms with E-state index >= 15 is 0 Å². The first-order valence-corrected chi connectivity index (χ1v) is 8.27. The first-order chi connectivity index (χ1) is 11.4. The number of rotatable bonds is 5. The first kappa shape index (κ1) is 18.0. The fraction of sp³-hybridized carbons (Fsp3) is 0.222. The molecule has 2 rings (SSSR count). The van der Waals surface area contributed by atoms with E-state index < -0.39 is 0 Å². The van der Waals surface area contributed by atoms with Crippen LogP contribution in [0.2, 0.25) is 0 Å². The van der Waals surface area contributed by atoms with Crippen LogP contribution in [-0.4, -0.2) is 37.4 Å². The summed E-state index contributed by atoms with van der Waals surface area (Å²) >= 11 is 3.47. The van der Waals surface area contributed by atoms with Gasteiger partial charge in [0.2, 0.25) is 5.91 Å². The Kier molecular flexibility index (Phi) is 5.98. The molecule has 0 bridgehead atoms. The van der Waals surface area contributed by atoms with Gasteiger partial charge in [-0.1, -0.05) is 6.07 Å². The Morgan fingerprint density at radius 2 is 1.75 bits per heavy atom. The van der Waals surface area contributed by atoms with Gasteiger partial charge in [-0.25, -0.2) is 0 Å². The van der Waals surface area contributed by atoms with Crippen LogP contribution < -0.4 is 10.6 Å². The third kappa shape index (κ3) is 4.83. The van der Waals surface area contributed by atoms with Crippen LogP contribution in [0.15, 0.2) is 46.9 Å². The molecule has 126 valence electrons. The Bertz CT molecular complexity index is 742. The summed E-state index contributed by atoms with van der Waals surface area (Å²) in [6.45, 7) is 2.16. The number of carbonyl (C=O) groups excluding carboxylic acids is 2. The fourth-order valence-corrected chi connectivity index (χ4v) is 2.73. The second kappa shape index (κ2) is 7.97. The molecule has 2 aromatic rings. The number of anilines is 2. The molecule has 2 N–H and O–H groups in total. The Balaban J connectivity index is 1.91. The van der Waals surface area contributed by atoms with Crippen LogP contribution in [0.3, 0.4) is 0 Å². The number of hydrogen-bond donors (Lipinski definition) is 2. The zero-order valence-electron chi connectivity index (χ0n) is 13.9. The van der Waals surface area contributed by atoms with Crippen LogP contribution in [0.4, 0.5) is 11.4 Å². The summed E-state index contributed by atoms with van der Waals surface area (Å²) in [6.07, 6.45) is 0. The smallest absolute Gasteiger partial charge is 0.253 e. The van der Waals surface area contributed by atoms with Gasteiger partial charge in [-0.3, -0.25) is 9.59 Å². The highest BCUT2D eigenvalue weighted by Crippen LogP contribution is 2.23. The number of nitrogens with zero attached hydrogens (tertiary/aromatic N) is 1. The van der Waals surface area contributed by atoms with Crippen LogP contribution in [-0.2, 0) is 4.79 Å². The van der Waals surface area contributed by atoms with Crippen molar-refractivity contribution < 1.29 is 9.59 Å². The topological polar surface area (TPSA) is 61.4 Å². The van der Waals surface area contributed by atoms with Crippen LogP contribution in [0.1, 0.15) is 15.9 Å². The summed E-state index contributed by atoms with van der Waals surface area (Å²) in [5, 5.41) is 5.88. The average molecular weight is 390 g/mol. The van der Waals surface area contributed by atoms with Gasteiger partial charge in [-0.05, 0) is 64.8 Å². The molecule has 0 spiro atoms. The molecule has 0 saturated carbocycles. The van der Waals surface area contributed by atoms with E-state index in [1.807, 2.05) is 25.1 Å². The van der Waals surface area contributed by atoms with E-state index in [1.54, 1.807) is 38.4 Å². The highest BCUT2D eigenvalue weighted by atomic mass is 79.9. The van der Waals surface area contributed by atoms with Gasteiger partial charge in [-0.2, -0.15) is 0 Å². The SMILES string of the molecule is Cc1ccc(NCC(=O)Nc2ccc(C(=O)N(C)C)cc2)c(Br)c1. The second-order valence-corrected chi connectivity index (χ2v) is 6.52. The van der Waals surface area contributed by atoms with Gasteiger partial charge >= 0.3 is 0 Å². The molecule has 0 heterocycles. The number of hydrogen-bond acceptors (Lipinski definition) is 3. The largest absolute Gasteiger partial charge is 0.375 e. The molecule has 0 unspecified atom stereocenters. The summed E-state index contributed by atoms with van der Waals surface area (Å²) in [7, 11) is 3.40. The number of halogens is 1. The van der Waals surface area contributed by atoms with Gasteiger partial charge in [0.15, 0.2) is 0 Å². The summed E-state index contributed by atoms with van der Waals surface area (Å²) < 4.78 is 0.918. The highest BCUT2D eigenvalue weighted by molar-refractivity contribution is 9.10. The predicted octanol–water partition coefficient (Wildman–Crippen LogP) is 3.51. The monoisotopic (exact) mass is 389 g/mol. The zero-order valence-corrected chi connectivity index (χ0v) is 15.5. The molecule has 5 nitrogen and oxygen atoms in total. The third-order valence-electron chi connectivity index (χ3n) is 3.39. The lowest BCUT2D eigenvalue weighted by Gasteiger charge is -2.12. The van der Waals surface area contributed by atoms with Crippen molar-refractivity contribution in [3.63, 3.8) is 0 Å². The zero-order chi connectivity index (χ0) is 17.7. The molecule has 0 saturated heterocycles. The number of aryl methyl sites for hydroxylation is 1. The molecule has 0 aliphatic carbocycles. The van der Waals surface area contributed by atoms with Crippen molar-refractivity contribution in [2.75, 3.05) is 31.3 Å². The normalized spacial score (nSPS) is 10.2. The molecular weight excluding hydrogens is 370 g/mol. The Morgan fingerprint density at radius 1 is 1.08 bits per heavy atom. The minimum absolute atomic E-state index is 0.0706. The van der Waals surface area contributed by atoms with Crippen molar-refractivity contribution in [3.8, 4) is 0 Å². The van der Waals surface area contributed by atoms with E-state index in [4.69, 9.17) is 0 Å². The standard InChI is InChI=1S/C18H20BrN3O2/c1-12-4-9-16(15(19)10-12)20-11-17(23)21-14-7-5-13(6-8-14)18(24)22(2)3/h4-10,20H,11H2,1-3H3,(H,21,23). The molecule has 2 amide bonds. The van der Waals surface area contributed by atoms with E-state index in [0.717, 1.165) is 15.7 Å². The van der Waals surface area contributed by atoms with Crippen LogP contribution in [0.5, 0.6) is 0 Å². The van der Waals surface area contributed by atoms with Crippen molar-refractivity contribution in [3.05, 3.63) is 58.1 Å². The number of nitrogens with one attached hydrogen (secondary N) is 2. The van der Waals surface area contributed by atoms with Crippen molar-refractivity contribution in [2.24, 2.45) is 0 Å². The van der Waals surface area contributed by atoms with E-state index in [-0.39, 0.29) is 18.4 Å². The quantitative estimate of drug-likeness (QED) is 0.822. The lowest BCUT2D eigenvalue weighted by Crippen LogP contribution is -2.23. The first-order valence-electron chi connectivity index (χ1n) is 7.48. The van der Waals surface area contributed by atoms with Crippen molar-refractivity contribution >= 4 is 39.1 Å². The summed E-state index contributed by atoms with van der Waals surface area (Å²) in [6, 6.07) is 12.7. The van der Waals surface area contributed by atoms with Crippen LogP contribution in [0, 0.1) is 6.92 Å². The maximum atomic E-state index is 12.0. The lowest BCUT2D eigenvalue weighted by atomic mass is 10.2. The summed E-state index contributed by atoms with van der Waals surface area (Å²) in [4.78, 5) is 25.4. The number of amides is 2. The maximum Gasteiger partial charge on any atom is 0.253 e. The van der Waals surface area contributed by atoms with Gasteiger partial charge in [0.25, 0.3) is 5.91 Å². The molecule has 0 aromatic heterocycles. The van der Waals surface area contributed by atoms with E-state index in [9.17, 15) is 9.59 Å². The molecule has 6 heteroatoms. The van der Waals surface area contributed by atoms with Gasteiger partial charge in [0.1, 0.15) is 0 Å². The van der Waals surface area contributed by atoms with Crippen molar-refractivity contribution in [1.29, 1.82) is 0 Å². The van der Waals surface area contributed by atoms with Gasteiger partial charge in [0.05, 0.1) is 6.54 Å². The minimum atomic E-state index is -0.158. The molecule has 0 radical (unpaired) electrons. The molecule has 0 aliphatic rings. The Morgan fingerprint density at radius 3 is 2.33 bits per heavy atom. The molecule has 2 aromatic carbocycles. The van der Waals surface area contributed by atoms with E-state index in [2.05, 4.69) is 26.6 Å². The predicted molar refractivity (Wildman–Crippen MR) is 100 cm³/mol. The second-order valence-electron chi connectivity index (χ2n) is 5.66. The molecular formula is C18H20BrN3O2. The lowest BCUT2D eigenvalue weighted by molar-refractivity contribution is -0.114. The van der Waals surface area contributed by atoms with Crippen LogP contribution in [0.25, 0.3) is 0 Å². The molecule has 24 heavy (non-hydrogen) atoms. The van der Waals surface area contributed by atoms with Gasteiger partial charge in [-0.15, -0.1) is 0 Å². The van der Waals surface area contributed by atoms with Crippen molar-refractivity contribution in [2.45, 2.75) is 6.92 Å². The van der Waals surface area contributed by atoms with Crippen LogP contribution >= 0.6 is 15.9 Å². The molecule has 0 atom stereocenters. The summed E-state index contributed by atoms with van der Waals surface area (Å²) in [5.41, 5.74) is 3.24. The highest BCUT2D eigenvalue weighted by Gasteiger charge is 2.08. The van der Waals surface area contributed by atoms with Crippen molar-refractivity contribution in [1.82, 2.24) is 4.90 Å².